The van der Waals surface area contributed by atoms with Crippen LogP contribution in [0.2, 0.25) is 5.02 Å². The molecule has 2 aliphatic heterocycles. The number of hydrogen-bond acceptors (Lipinski definition) is 12. The summed E-state index contributed by atoms with van der Waals surface area (Å²) in [7, 11) is 0. The summed E-state index contributed by atoms with van der Waals surface area (Å²) in [6.45, 7) is 3.73. The lowest BCUT2D eigenvalue weighted by atomic mass is 10.1. The number of ketones is 1. The molecule has 252 valence electrons. The summed E-state index contributed by atoms with van der Waals surface area (Å²) < 4.78 is 13.3. The second kappa shape index (κ2) is 18.9. The molecule has 2 aliphatic rings. The number of aromatic nitrogens is 3. The second-order valence-corrected chi connectivity index (χ2v) is 10.2. The van der Waals surface area contributed by atoms with Crippen LogP contribution in [-0.4, -0.2) is 52.8 Å². The Morgan fingerprint density at radius 1 is 0.773 bits per heavy atom. The molecule has 1 amide bonds. The maximum atomic E-state index is 13.3. The predicted octanol–water partition coefficient (Wildman–Crippen LogP) is 7.65. The fourth-order valence-corrected chi connectivity index (χ4v) is 4.96. The van der Waals surface area contributed by atoms with Crippen LogP contribution in [0.1, 0.15) is 61.0 Å². The summed E-state index contributed by atoms with van der Waals surface area (Å²) in [6, 6.07) is 10.7. The van der Waals surface area contributed by atoms with Crippen molar-refractivity contribution >= 4 is 64.9 Å². The van der Waals surface area contributed by atoms with E-state index in [2.05, 4.69) is 20.4 Å². The normalized spacial score (nSPS) is 13.9. The molecule has 0 aliphatic carbocycles. The minimum Gasteiger partial charge on any atom is -0.344 e. The molecule has 2 aromatic carbocycles. The zero-order valence-corrected chi connectivity index (χ0v) is 26.4. The molecule has 0 spiro atoms. The van der Waals surface area contributed by atoms with Crippen LogP contribution in [-0.2, 0) is 4.79 Å². The van der Waals surface area contributed by atoms with Gasteiger partial charge in [0.2, 0.25) is 23.8 Å². The largest absolute Gasteiger partial charge is 0.344 e. The number of hydrogen-bond donors (Lipinski definition) is 6. The van der Waals surface area contributed by atoms with E-state index >= 15 is 0 Å². The molecule has 16 heteroatoms. The molecular formula is C28H52Cl2FN11O2. The molecular weight excluding hydrogens is 612 g/mol. The van der Waals surface area contributed by atoms with Crippen LogP contribution in [0.5, 0.6) is 0 Å². The van der Waals surface area contributed by atoms with Gasteiger partial charge in [-0.05, 0) is 81.0 Å². The predicted molar refractivity (Wildman–Crippen MR) is 186 cm³/mol. The highest BCUT2D eigenvalue weighted by molar-refractivity contribution is 6.31. The first-order valence-corrected chi connectivity index (χ1v) is 13.7. The van der Waals surface area contributed by atoms with Crippen molar-refractivity contribution in [2.75, 3.05) is 46.6 Å². The van der Waals surface area contributed by atoms with Crippen molar-refractivity contribution in [1.82, 2.24) is 39.6 Å². The smallest absolute Gasteiger partial charge is 0.233 e. The van der Waals surface area contributed by atoms with Crippen molar-refractivity contribution < 1.29 is 19.7 Å². The first-order chi connectivity index (χ1) is 18.9. The molecule has 13 nitrogen and oxygen atoms in total. The van der Waals surface area contributed by atoms with E-state index in [-0.39, 0.29) is 59.9 Å². The molecule has 3 aromatic rings. The van der Waals surface area contributed by atoms with E-state index in [9.17, 15) is 14.0 Å². The van der Waals surface area contributed by atoms with E-state index in [4.69, 9.17) is 26.6 Å². The Morgan fingerprint density at radius 2 is 1.27 bits per heavy atom. The third-order valence-corrected chi connectivity index (χ3v) is 7.17. The van der Waals surface area contributed by atoms with E-state index in [0.717, 1.165) is 63.6 Å². The first-order valence-electron chi connectivity index (χ1n) is 13.4. The van der Waals surface area contributed by atoms with Gasteiger partial charge in [0.1, 0.15) is 5.82 Å². The molecule has 0 bridgehead atoms. The van der Waals surface area contributed by atoms with E-state index in [0.29, 0.717) is 29.1 Å². The number of halogens is 3. The Kier molecular flexibility index (Phi) is 17.3. The average molecular weight is 665 g/mol. The van der Waals surface area contributed by atoms with Gasteiger partial charge in [-0.2, -0.15) is 15.0 Å². The maximum absolute atomic E-state index is 13.3. The Bertz CT molecular complexity index is 1320. The third-order valence-electron chi connectivity index (χ3n) is 6.88. The van der Waals surface area contributed by atoms with Crippen LogP contribution in [0, 0.1) is 5.82 Å². The lowest BCUT2D eigenvalue weighted by molar-refractivity contribution is -0.115. The molecule has 2 saturated heterocycles. The summed E-state index contributed by atoms with van der Waals surface area (Å²) in [4.78, 5) is 43.6. The van der Waals surface area contributed by atoms with Gasteiger partial charge < -0.3 is 45.0 Å². The number of nitrogens with zero attached hydrogens (tertiary/aromatic N) is 5. The van der Waals surface area contributed by atoms with Crippen LogP contribution in [0.15, 0.2) is 42.5 Å². The zero-order chi connectivity index (χ0) is 27.2. The van der Waals surface area contributed by atoms with Gasteiger partial charge in [0, 0.05) is 48.8 Å². The Hall–Kier alpha value is -3.66. The Labute approximate surface area is 274 Å². The summed E-state index contributed by atoms with van der Waals surface area (Å²) in [5, 5.41) is 5.72. The molecule has 1 aromatic heterocycles. The van der Waals surface area contributed by atoms with Crippen LogP contribution in [0.3, 0.4) is 0 Å². The molecule has 3 heterocycles. The van der Waals surface area contributed by atoms with Gasteiger partial charge in [-0.15, -0.1) is 12.4 Å². The van der Waals surface area contributed by atoms with Crippen molar-refractivity contribution in [3.05, 3.63) is 58.9 Å². The number of piperidine rings is 2. The van der Waals surface area contributed by atoms with Crippen molar-refractivity contribution in [3.8, 4) is 0 Å². The average Bonchev–Trinajstić information content (AvgIpc) is 2.96. The van der Waals surface area contributed by atoms with E-state index in [1.807, 2.05) is 0 Å². The van der Waals surface area contributed by atoms with Gasteiger partial charge in [-0.3, -0.25) is 9.59 Å². The van der Waals surface area contributed by atoms with Crippen LogP contribution < -0.4 is 45.0 Å². The number of Topliss-reactive ketones (excluding diaryl/α,β-unsaturated/α-hetero) is 1. The maximum Gasteiger partial charge on any atom is 0.233 e. The standard InChI is InChI=1S/C28H31ClFN7O2.ClH.4H3N.4H2/c29-22-17-21(11-12-23(22)30)31-25(39)18-24(38)19-7-9-20(10-8-19)32-26-33-27(36-13-3-1-4-14-36)35-28(34-26)37-15-5-2-6-16-37;;;;;;;;;/h7-12,17H,1-6,13-16,18H2,(H,31,39)(H,32,33,34,35);1H;4*1H3;4*1H. The van der Waals surface area contributed by atoms with Gasteiger partial charge in [0.05, 0.1) is 11.4 Å². The molecule has 0 saturated carbocycles. The fraction of sp³-hybridized carbons (Fsp3) is 0.393. The highest BCUT2D eigenvalue weighted by Crippen LogP contribution is 2.25. The van der Waals surface area contributed by atoms with Crippen molar-refractivity contribution in [2.24, 2.45) is 0 Å². The van der Waals surface area contributed by atoms with Crippen molar-refractivity contribution in [1.29, 1.82) is 0 Å². The number of carbonyl (C=O) groups is 2. The van der Waals surface area contributed by atoms with Gasteiger partial charge in [-0.25, -0.2) is 4.39 Å². The zero-order valence-electron chi connectivity index (χ0n) is 24.9. The first kappa shape index (κ1) is 40.3. The monoisotopic (exact) mass is 663 g/mol. The van der Waals surface area contributed by atoms with Crippen LogP contribution >= 0.6 is 24.0 Å². The van der Waals surface area contributed by atoms with Crippen molar-refractivity contribution in [3.63, 3.8) is 0 Å². The highest BCUT2D eigenvalue weighted by atomic mass is 35.5. The lowest BCUT2D eigenvalue weighted by Crippen LogP contribution is -2.34. The van der Waals surface area contributed by atoms with Gasteiger partial charge in [0.25, 0.3) is 0 Å². The minimum atomic E-state index is -0.581. The fourth-order valence-electron chi connectivity index (χ4n) is 4.78. The molecule has 44 heavy (non-hydrogen) atoms. The number of anilines is 5. The van der Waals surface area contributed by atoms with Gasteiger partial charge >= 0.3 is 0 Å². The summed E-state index contributed by atoms with van der Waals surface area (Å²) in [6.07, 6.45) is 6.58. The van der Waals surface area contributed by atoms with E-state index in [1.165, 1.54) is 25.0 Å². The Morgan fingerprint density at radius 3 is 1.77 bits per heavy atom. The molecule has 0 radical (unpaired) electrons. The lowest BCUT2D eigenvalue weighted by Gasteiger charge is -2.30. The topological polar surface area (TPSA) is 243 Å². The molecule has 14 N–H and O–H groups in total. The second-order valence-electron chi connectivity index (χ2n) is 9.83. The number of rotatable bonds is 8. The number of benzene rings is 2. The molecule has 0 atom stereocenters. The summed E-state index contributed by atoms with van der Waals surface area (Å²) in [5.41, 5.74) is 1.44. The van der Waals surface area contributed by atoms with Gasteiger partial charge in [0.15, 0.2) is 5.78 Å². The summed E-state index contributed by atoms with van der Waals surface area (Å²) >= 11 is 5.75. The molecule has 0 unspecified atom stereocenters. The SMILES string of the molecule is Cl.N.N.N.N.O=C(CC(=O)c1ccc(Nc2nc(N3CCCCC3)nc(N3CCCCC3)n2)cc1)Nc1ccc(F)c(Cl)c1.[HH].[HH].[HH].[HH]. The number of amides is 1. The van der Waals surface area contributed by atoms with E-state index in [1.54, 1.807) is 24.3 Å². The minimum absolute atomic E-state index is 0. The van der Waals surface area contributed by atoms with E-state index < -0.39 is 11.7 Å². The quantitative estimate of drug-likeness (QED) is 0.100. The number of carbonyl (C=O) groups excluding carboxylic acids is 2. The van der Waals surface area contributed by atoms with Crippen LogP contribution in [0.25, 0.3) is 0 Å². The van der Waals surface area contributed by atoms with Crippen LogP contribution in [0.4, 0.5) is 33.6 Å². The summed E-state index contributed by atoms with van der Waals surface area (Å²) in [5.74, 6) is 0.406. The third kappa shape index (κ3) is 10.5. The Balaban J connectivity index is -0.000000685. The molecule has 5 rings (SSSR count). The number of nitrogens with one attached hydrogen (secondary N) is 2. The molecule has 2 fully saturated rings. The van der Waals surface area contributed by atoms with Crippen molar-refractivity contribution in [2.45, 2.75) is 44.9 Å². The highest BCUT2D eigenvalue weighted by Gasteiger charge is 2.21. The van der Waals surface area contributed by atoms with Gasteiger partial charge in [-0.1, -0.05) is 11.6 Å².